The summed E-state index contributed by atoms with van der Waals surface area (Å²) in [6.45, 7) is 6.15. The topological polar surface area (TPSA) is 135 Å². The Labute approximate surface area is 277 Å². The summed E-state index contributed by atoms with van der Waals surface area (Å²) < 4.78 is 75.5. The standard InChI is InChI=1S/C34H38F3N5O5S/c1-33(2,3)24-11-19-28(20-12-24)48(44,45)42-26-15-13-25(14-16-26)38-32(43)39-29(21-22-7-5-4-6-8-22)31-40-30(41-47-31)23-9-17-27(18-10-23)46-34(35,36)37/h9-20,22,29,42H,4-8,21H2,1-3H3,(H2,38,39,43)/t29-/m1/s1. The van der Waals surface area contributed by atoms with Crippen LogP contribution in [-0.2, 0) is 15.4 Å². The summed E-state index contributed by atoms with van der Waals surface area (Å²) in [4.78, 5) is 17.7. The third-order valence-electron chi connectivity index (χ3n) is 8.11. The van der Waals surface area contributed by atoms with Crippen LogP contribution in [0.3, 0.4) is 0 Å². The molecule has 1 saturated carbocycles. The molecule has 10 nitrogen and oxygen atoms in total. The highest BCUT2D eigenvalue weighted by Crippen LogP contribution is 2.33. The summed E-state index contributed by atoms with van der Waals surface area (Å²) in [6.07, 6.45) is 1.08. The van der Waals surface area contributed by atoms with Crippen molar-refractivity contribution in [1.82, 2.24) is 15.5 Å². The molecule has 4 aromatic rings. The zero-order chi connectivity index (χ0) is 34.5. The van der Waals surface area contributed by atoms with Gasteiger partial charge in [0.1, 0.15) is 11.8 Å². The van der Waals surface area contributed by atoms with E-state index in [1.54, 1.807) is 48.5 Å². The fraction of sp³-hybridized carbons (Fsp3) is 0.382. The number of carbonyl (C=O) groups excluding carboxylic acids is 1. The van der Waals surface area contributed by atoms with Crippen LogP contribution in [0, 0.1) is 5.92 Å². The van der Waals surface area contributed by atoms with Crippen molar-refractivity contribution < 1.29 is 35.6 Å². The summed E-state index contributed by atoms with van der Waals surface area (Å²) in [5, 5.41) is 9.67. The molecule has 0 radical (unpaired) electrons. The van der Waals surface area contributed by atoms with Crippen molar-refractivity contribution in [2.24, 2.45) is 5.92 Å². The van der Waals surface area contributed by atoms with E-state index in [9.17, 15) is 26.4 Å². The van der Waals surface area contributed by atoms with Crippen LogP contribution in [-0.4, -0.2) is 31.0 Å². The van der Waals surface area contributed by atoms with Gasteiger partial charge in [0, 0.05) is 16.9 Å². The van der Waals surface area contributed by atoms with Crippen LogP contribution in [0.1, 0.15) is 76.8 Å². The first-order valence-corrected chi connectivity index (χ1v) is 17.1. The second kappa shape index (κ2) is 14.3. The van der Waals surface area contributed by atoms with Crippen LogP contribution >= 0.6 is 0 Å². The first kappa shape index (κ1) is 34.7. The predicted molar refractivity (Wildman–Crippen MR) is 175 cm³/mol. The molecule has 1 aliphatic rings. The highest BCUT2D eigenvalue weighted by molar-refractivity contribution is 7.92. The number of alkyl halides is 3. The quantitative estimate of drug-likeness (QED) is 0.152. The molecule has 1 aromatic heterocycles. The maximum atomic E-state index is 13.1. The number of anilines is 2. The summed E-state index contributed by atoms with van der Waals surface area (Å²) in [5.74, 6) is 0.277. The molecule has 1 heterocycles. The molecule has 3 N–H and O–H groups in total. The Morgan fingerprint density at radius 1 is 0.917 bits per heavy atom. The number of nitrogens with zero attached hydrogens (tertiary/aromatic N) is 2. The van der Waals surface area contributed by atoms with Gasteiger partial charge in [-0.1, -0.05) is 70.2 Å². The third-order valence-corrected chi connectivity index (χ3v) is 9.51. The SMILES string of the molecule is CC(C)(C)c1ccc(S(=O)(=O)Nc2ccc(NC(=O)N[C@H](CC3CCCCC3)c3nc(-c4ccc(OC(F)(F)F)cc4)no3)cc2)cc1. The molecule has 1 aliphatic carbocycles. The van der Waals surface area contributed by atoms with E-state index in [-0.39, 0.29) is 27.8 Å². The lowest BCUT2D eigenvalue weighted by Crippen LogP contribution is -2.34. The van der Waals surface area contributed by atoms with E-state index in [4.69, 9.17) is 4.52 Å². The molecular formula is C34H38F3N5O5S. The van der Waals surface area contributed by atoms with Crippen molar-refractivity contribution in [3.8, 4) is 17.1 Å². The number of amides is 2. The zero-order valence-electron chi connectivity index (χ0n) is 26.8. The summed E-state index contributed by atoms with van der Waals surface area (Å²) >= 11 is 0. The Balaban J connectivity index is 1.24. The minimum atomic E-state index is -4.81. The van der Waals surface area contributed by atoms with Gasteiger partial charge in [0.15, 0.2) is 0 Å². The van der Waals surface area contributed by atoms with Crippen LogP contribution in [0.25, 0.3) is 11.4 Å². The lowest BCUT2D eigenvalue weighted by molar-refractivity contribution is -0.274. The van der Waals surface area contributed by atoms with Gasteiger partial charge in [0.05, 0.1) is 4.90 Å². The van der Waals surface area contributed by atoms with Crippen LogP contribution in [0.2, 0.25) is 0 Å². The molecule has 0 unspecified atom stereocenters. The number of sulfonamides is 1. The molecule has 1 fully saturated rings. The van der Waals surface area contributed by atoms with E-state index in [0.29, 0.717) is 29.3 Å². The average Bonchev–Trinajstić information content (AvgIpc) is 3.52. The number of hydrogen-bond donors (Lipinski definition) is 3. The monoisotopic (exact) mass is 685 g/mol. The summed E-state index contributed by atoms with van der Waals surface area (Å²) in [5.41, 5.74) is 2.08. The maximum absolute atomic E-state index is 13.1. The van der Waals surface area contributed by atoms with Gasteiger partial charge in [-0.3, -0.25) is 4.72 Å². The zero-order valence-corrected chi connectivity index (χ0v) is 27.6. The van der Waals surface area contributed by atoms with E-state index >= 15 is 0 Å². The molecule has 5 rings (SSSR count). The van der Waals surface area contributed by atoms with E-state index in [2.05, 4.69) is 51.0 Å². The van der Waals surface area contributed by atoms with Crippen molar-refractivity contribution in [3.63, 3.8) is 0 Å². The Morgan fingerprint density at radius 3 is 2.15 bits per heavy atom. The molecule has 3 aromatic carbocycles. The van der Waals surface area contributed by atoms with Gasteiger partial charge in [-0.2, -0.15) is 4.98 Å². The van der Waals surface area contributed by atoms with Gasteiger partial charge in [-0.15, -0.1) is 13.2 Å². The molecule has 48 heavy (non-hydrogen) atoms. The van der Waals surface area contributed by atoms with E-state index in [0.717, 1.165) is 49.8 Å². The molecule has 0 saturated heterocycles. The van der Waals surface area contributed by atoms with Crippen LogP contribution in [0.5, 0.6) is 5.75 Å². The second-order valence-electron chi connectivity index (χ2n) is 12.9. The fourth-order valence-electron chi connectivity index (χ4n) is 5.57. The van der Waals surface area contributed by atoms with Crippen LogP contribution in [0.15, 0.2) is 82.2 Å². The van der Waals surface area contributed by atoms with Gasteiger partial charge in [0.25, 0.3) is 10.0 Å². The largest absolute Gasteiger partial charge is 0.573 e. The van der Waals surface area contributed by atoms with Crippen molar-refractivity contribution in [2.75, 3.05) is 10.0 Å². The van der Waals surface area contributed by atoms with E-state index in [1.807, 2.05) is 0 Å². The van der Waals surface area contributed by atoms with Gasteiger partial charge in [-0.05, 0) is 84.0 Å². The Bertz CT molecular complexity index is 1780. The predicted octanol–water partition coefficient (Wildman–Crippen LogP) is 8.57. The average molecular weight is 686 g/mol. The van der Waals surface area contributed by atoms with Crippen molar-refractivity contribution >= 4 is 27.4 Å². The number of carbonyl (C=O) groups is 1. The number of benzene rings is 3. The first-order chi connectivity index (χ1) is 22.6. The smallest absolute Gasteiger partial charge is 0.406 e. The first-order valence-electron chi connectivity index (χ1n) is 15.7. The Hall–Kier alpha value is -4.59. The number of aromatic nitrogens is 2. The number of ether oxygens (including phenoxy) is 1. The fourth-order valence-corrected chi connectivity index (χ4v) is 6.63. The number of hydrogen-bond acceptors (Lipinski definition) is 7. The minimum Gasteiger partial charge on any atom is -0.406 e. The molecular weight excluding hydrogens is 647 g/mol. The molecule has 0 spiro atoms. The normalized spacial score (nSPS) is 15.0. The Kier molecular flexibility index (Phi) is 10.3. The molecule has 256 valence electrons. The van der Waals surface area contributed by atoms with E-state index in [1.165, 1.54) is 12.1 Å². The Morgan fingerprint density at radius 2 is 1.54 bits per heavy atom. The maximum Gasteiger partial charge on any atom is 0.573 e. The molecule has 0 bridgehead atoms. The van der Waals surface area contributed by atoms with Gasteiger partial charge < -0.3 is 19.9 Å². The summed E-state index contributed by atoms with van der Waals surface area (Å²) in [7, 11) is -3.82. The van der Waals surface area contributed by atoms with Gasteiger partial charge in [0.2, 0.25) is 11.7 Å². The van der Waals surface area contributed by atoms with Gasteiger partial charge in [-0.25, -0.2) is 13.2 Å². The molecule has 1 atom stereocenters. The number of rotatable bonds is 10. The third kappa shape index (κ3) is 9.49. The number of nitrogens with one attached hydrogen (secondary N) is 3. The number of urea groups is 1. The van der Waals surface area contributed by atoms with E-state index < -0.39 is 28.5 Å². The summed E-state index contributed by atoms with van der Waals surface area (Å²) in [6, 6.07) is 16.9. The molecule has 0 aliphatic heterocycles. The van der Waals surface area contributed by atoms with Crippen molar-refractivity contribution in [1.29, 1.82) is 0 Å². The van der Waals surface area contributed by atoms with Crippen molar-refractivity contribution in [2.45, 2.75) is 82.0 Å². The highest BCUT2D eigenvalue weighted by Gasteiger charge is 2.31. The molecule has 14 heteroatoms. The molecule has 2 amide bonds. The van der Waals surface area contributed by atoms with Gasteiger partial charge >= 0.3 is 12.4 Å². The van der Waals surface area contributed by atoms with Crippen LogP contribution < -0.4 is 20.1 Å². The van der Waals surface area contributed by atoms with Crippen molar-refractivity contribution in [3.05, 3.63) is 84.3 Å². The second-order valence-corrected chi connectivity index (χ2v) is 14.6. The minimum absolute atomic E-state index is 0.108. The number of halogens is 3. The van der Waals surface area contributed by atoms with Crippen LogP contribution in [0.4, 0.5) is 29.3 Å². The lowest BCUT2D eigenvalue weighted by Gasteiger charge is -2.25. The highest BCUT2D eigenvalue weighted by atomic mass is 32.2. The lowest BCUT2D eigenvalue weighted by atomic mass is 9.85.